The number of anilines is 4. The van der Waals surface area contributed by atoms with Crippen molar-refractivity contribution in [1.82, 2.24) is 9.97 Å². The monoisotopic (exact) mass is 456 g/mol. The molecule has 1 aliphatic rings. The average molecular weight is 456 g/mol. The lowest BCUT2D eigenvalue weighted by Gasteiger charge is -2.38. The second-order valence-corrected chi connectivity index (χ2v) is 7.48. The molecule has 0 saturated heterocycles. The van der Waals surface area contributed by atoms with Gasteiger partial charge >= 0.3 is 12.2 Å². The van der Waals surface area contributed by atoms with Crippen molar-refractivity contribution in [3.05, 3.63) is 71.4 Å². The molecule has 1 aliphatic heterocycles. The number of alkyl halides is 3. The third-order valence-electron chi connectivity index (χ3n) is 5.30. The summed E-state index contributed by atoms with van der Waals surface area (Å²) in [6.45, 7) is 1.80. The Morgan fingerprint density at radius 2 is 1.88 bits per heavy atom. The zero-order valence-electron chi connectivity index (χ0n) is 17.6. The van der Waals surface area contributed by atoms with E-state index < -0.39 is 23.7 Å². The van der Waals surface area contributed by atoms with Crippen LogP contribution in [0, 0.1) is 0 Å². The fraction of sp³-hybridized carbons (Fsp3) is 0.182. The van der Waals surface area contributed by atoms with E-state index in [1.165, 1.54) is 21.9 Å². The molecule has 3 amide bonds. The van der Waals surface area contributed by atoms with Gasteiger partial charge in [0.1, 0.15) is 5.82 Å². The molecule has 8 nitrogen and oxygen atoms in total. The highest BCUT2D eigenvalue weighted by molar-refractivity contribution is 6.07. The fourth-order valence-electron chi connectivity index (χ4n) is 3.62. The van der Waals surface area contributed by atoms with E-state index in [9.17, 15) is 22.8 Å². The highest BCUT2D eigenvalue weighted by atomic mass is 19.4. The summed E-state index contributed by atoms with van der Waals surface area (Å²) < 4.78 is 38.9. The number of rotatable bonds is 3. The van der Waals surface area contributed by atoms with Crippen molar-refractivity contribution < 1.29 is 22.8 Å². The largest absolute Gasteiger partial charge is 0.416 e. The molecule has 2 aromatic carbocycles. The number of nitrogens with zero attached hydrogens (tertiary/aromatic N) is 4. The maximum atomic E-state index is 13.1. The number of urea groups is 1. The van der Waals surface area contributed by atoms with Crippen molar-refractivity contribution >= 4 is 35.1 Å². The molecular weight excluding hydrogens is 437 g/mol. The Bertz CT molecular complexity index is 1250. The molecule has 3 aromatic rings. The first kappa shape index (κ1) is 22.1. The molecule has 0 fully saturated rings. The van der Waals surface area contributed by atoms with E-state index in [0.29, 0.717) is 22.8 Å². The smallest absolute Gasteiger partial charge is 0.368 e. The van der Waals surface area contributed by atoms with E-state index in [0.717, 1.165) is 12.1 Å². The second-order valence-electron chi connectivity index (χ2n) is 7.48. The van der Waals surface area contributed by atoms with Gasteiger partial charge in [0.25, 0.3) is 5.91 Å². The minimum absolute atomic E-state index is 0.0494. The molecule has 1 unspecified atom stereocenters. The van der Waals surface area contributed by atoms with Crippen LogP contribution in [-0.4, -0.2) is 29.0 Å². The van der Waals surface area contributed by atoms with Gasteiger partial charge in [-0.05, 0) is 43.3 Å². The van der Waals surface area contributed by atoms with Crippen LogP contribution in [-0.2, 0) is 6.18 Å². The van der Waals surface area contributed by atoms with Crippen molar-refractivity contribution in [3.8, 4) is 0 Å². The quantitative estimate of drug-likeness (QED) is 0.605. The maximum absolute atomic E-state index is 13.1. The van der Waals surface area contributed by atoms with E-state index in [1.807, 2.05) is 0 Å². The summed E-state index contributed by atoms with van der Waals surface area (Å²) in [6.07, 6.45) is -3.00. The first-order chi connectivity index (χ1) is 15.6. The summed E-state index contributed by atoms with van der Waals surface area (Å²) in [5.74, 6) is -0.249. The zero-order chi connectivity index (χ0) is 23.9. The zero-order valence-corrected chi connectivity index (χ0v) is 17.6. The summed E-state index contributed by atoms with van der Waals surface area (Å²) >= 11 is 0. The third kappa shape index (κ3) is 4.16. The van der Waals surface area contributed by atoms with Gasteiger partial charge in [0, 0.05) is 35.7 Å². The number of halogens is 3. The van der Waals surface area contributed by atoms with Crippen molar-refractivity contribution in [3.63, 3.8) is 0 Å². The number of aromatic nitrogens is 2. The Balaban J connectivity index is 1.61. The Labute approximate surface area is 186 Å². The summed E-state index contributed by atoms with van der Waals surface area (Å²) in [5, 5.41) is 2.58. The number of fused-ring (bicyclic) bond motifs is 1. The molecule has 0 radical (unpaired) electrons. The maximum Gasteiger partial charge on any atom is 0.416 e. The first-order valence-corrected chi connectivity index (χ1v) is 9.84. The Hall–Kier alpha value is -4.15. The van der Waals surface area contributed by atoms with Crippen LogP contribution in [0.4, 0.5) is 41.1 Å². The van der Waals surface area contributed by atoms with Crippen molar-refractivity contribution in [1.29, 1.82) is 0 Å². The van der Waals surface area contributed by atoms with Gasteiger partial charge in [-0.15, -0.1) is 0 Å². The normalized spacial score (nSPS) is 15.9. The SMILES string of the molecule is CC1c2cnc(N)nc2N(C)C(=O)N1c1cccc(NC(=O)c2cccc(C(F)(F)F)c2)c1. The molecule has 33 heavy (non-hydrogen) atoms. The fourth-order valence-corrected chi connectivity index (χ4v) is 3.62. The molecule has 0 spiro atoms. The van der Waals surface area contributed by atoms with Crippen LogP contribution >= 0.6 is 0 Å². The summed E-state index contributed by atoms with van der Waals surface area (Å²) in [5.41, 5.74) is 6.08. The summed E-state index contributed by atoms with van der Waals surface area (Å²) in [4.78, 5) is 36.6. The third-order valence-corrected chi connectivity index (χ3v) is 5.30. The van der Waals surface area contributed by atoms with Crippen LogP contribution < -0.4 is 20.9 Å². The topological polar surface area (TPSA) is 104 Å². The minimum Gasteiger partial charge on any atom is -0.368 e. The van der Waals surface area contributed by atoms with Gasteiger partial charge in [0.15, 0.2) is 0 Å². The number of amides is 3. The minimum atomic E-state index is -4.56. The number of benzene rings is 2. The van der Waals surface area contributed by atoms with Gasteiger partial charge in [0.2, 0.25) is 5.95 Å². The van der Waals surface area contributed by atoms with Gasteiger partial charge in [-0.3, -0.25) is 14.6 Å². The molecule has 1 atom stereocenters. The summed E-state index contributed by atoms with van der Waals surface area (Å²) in [7, 11) is 1.56. The van der Waals surface area contributed by atoms with Crippen LogP contribution in [0.3, 0.4) is 0 Å². The standard InChI is InChI=1S/C22H19F3N6O2/c1-12-17-11-27-20(26)29-18(17)30(2)21(33)31(12)16-8-4-7-15(10-16)28-19(32)13-5-3-6-14(9-13)22(23,24)25/h3-12H,1-2H3,(H,28,32)(H2,26,27,29). The van der Waals surface area contributed by atoms with Gasteiger partial charge in [0.05, 0.1) is 11.6 Å². The van der Waals surface area contributed by atoms with Crippen LogP contribution in [0.15, 0.2) is 54.7 Å². The van der Waals surface area contributed by atoms with Crippen molar-refractivity contribution in [2.75, 3.05) is 27.9 Å². The van der Waals surface area contributed by atoms with E-state index in [2.05, 4.69) is 15.3 Å². The number of nitrogens with two attached hydrogens (primary N) is 1. The predicted octanol–water partition coefficient (Wildman–Crippen LogP) is 4.47. The van der Waals surface area contributed by atoms with E-state index in [4.69, 9.17) is 5.73 Å². The van der Waals surface area contributed by atoms with Crippen molar-refractivity contribution in [2.24, 2.45) is 0 Å². The van der Waals surface area contributed by atoms with E-state index >= 15 is 0 Å². The Morgan fingerprint density at radius 3 is 2.61 bits per heavy atom. The van der Waals surface area contributed by atoms with Gasteiger partial charge in [-0.25, -0.2) is 9.78 Å². The summed E-state index contributed by atoms with van der Waals surface area (Å²) in [6, 6.07) is 9.81. The molecule has 2 heterocycles. The first-order valence-electron chi connectivity index (χ1n) is 9.84. The van der Waals surface area contributed by atoms with Crippen LogP contribution in [0.2, 0.25) is 0 Å². The van der Waals surface area contributed by atoms with E-state index in [1.54, 1.807) is 44.4 Å². The molecule has 0 saturated carbocycles. The van der Waals surface area contributed by atoms with E-state index in [-0.39, 0.29) is 17.5 Å². The molecular formula is C22H19F3N6O2. The molecule has 0 bridgehead atoms. The molecule has 3 N–H and O–H groups in total. The molecule has 11 heteroatoms. The van der Waals surface area contributed by atoms with Crippen LogP contribution in [0.25, 0.3) is 0 Å². The number of carbonyl (C=O) groups is 2. The molecule has 170 valence electrons. The lowest BCUT2D eigenvalue weighted by Crippen LogP contribution is -2.48. The predicted molar refractivity (Wildman–Crippen MR) is 117 cm³/mol. The van der Waals surface area contributed by atoms with Crippen molar-refractivity contribution in [2.45, 2.75) is 19.1 Å². The number of hydrogen-bond acceptors (Lipinski definition) is 5. The number of nitrogen functional groups attached to an aromatic ring is 1. The number of nitrogens with one attached hydrogen (secondary N) is 1. The van der Waals surface area contributed by atoms with Crippen LogP contribution in [0.5, 0.6) is 0 Å². The van der Waals surface area contributed by atoms with Gasteiger partial charge in [-0.1, -0.05) is 12.1 Å². The molecule has 0 aliphatic carbocycles. The lowest BCUT2D eigenvalue weighted by atomic mass is 10.1. The number of hydrogen-bond donors (Lipinski definition) is 2. The molecule has 4 rings (SSSR count). The average Bonchev–Trinajstić information content (AvgIpc) is 2.77. The van der Waals surface area contributed by atoms with Gasteiger partial charge < -0.3 is 11.1 Å². The highest BCUT2D eigenvalue weighted by Crippen LogP contribution is 2.38. The lowest BCUT2D eigenvalue weighted by molar-refractivity contribution is -0.137. The molecule has 1 aromatic heterocycles. The van der Waals surface area contributed by atoms with Gasteiger partial charge in [-0.2, -0.15) is 18.2 Å². The second kappa shape index (κ2) is 8.08. The highest BCUT2D eigenvalue weighted by Gasteiger charge is 2.36. The van der Waals surface area contributed by atoms with Crippen LogP contribution in [0.1, 0.15) is 34.5 Å². The number of carbonyl (C=O) groups excluding carboxylic acids is 2. The Kier molecular flexibility index (Phi) is 5.40. The Morgan fingerprint density at radius 1 is 1.15 bits per heavy atom.